The molecular formula is C22H27N7. The fourth-order valence-electron chi connectivity index (χ4n) is 3.35. The molecule has 1 aliphatic carbocycles. The molecule has 1 aliphatic heterocycles. The number of nitrogens with one attached hydrogen (secondary N) is 2. The van der Waals surface area contributed by atoms with Crippen molar-refractivity contribution in [1.82, 2.24) is 14.9 Å². The molecule has 7 heteroatoms. The minimum atomic E-state index is 0.546. The fraction of sp³-hybridized carbons (Fsp3) is 0.409. The Bertz CT molecular complexity index is 888. The third-order valence-electron chi connectivity index (χ3n) is 5.40. The zero-order valence-electron chi connectivity index (χ0n) is 16.8. The molecular weight excluding hydrogens is 362 g/mol. The summed E-state index contributed by atoms with van der Waals surface area (Å²) in [5, 5.41) is 15.5. The number of anilines is 4. The minimum Gasteiger partial charge on any atom is -0.369 e. The molecule has 1 saturated carbocycles. The van der Waals surface area contributed by atoms with Crippen LogP contribution in [0.25, 0.3) is 6.08 Å². The van der Waals surface area contributed by atoms with Crippen LogP contribution in [0.5, 0.6) is 0 Å². The number of piperazine rings is 1. The highest BCUT2D eigenvalue weighted by Gasteiger charge is 2.21. The van der Waals surface area contributed by atoms with E-state index in [0.717, 1.165) is 55.7 Å². The molecule has 1 aromatic carbocycles. The van der Waals surface area contributed by atoms with E-state index >= 15 is 0 Å². The van der Waals surface area contributed by atoms with Gasteiger partial charge in [0.05, 0.1) is 6.07 Å². The zero-order chi connectivity index (χ0) is 20.1. The van der Waals surface area contributed by atoms with Crippen LogP contribution >= 0.6 is 0 Å². The first kappa shape index (κ1) is 19.2. The Balaban J connectivity index is 1.44. The molecule has 7 nitrogen and oxygen atoms in total. The van der Waals surface area contributed by atoms with Crippen LogP contribution in [0.4, 0.5) is 23.1 Å². The van der Waals surface area contributed by atoms with Crippen LogP contribution in [0, 0.1) is 17.2 Å². The number of nitrogens with zero attached hydrogens (tertiary/aromatic N) is 5. The van der Waals surface area contributed by atoms with Gasteiger partial charge in [-0.15, -0.1) is 0 Å². The topological polar surface area (TPSA) is 80.1 Å². The third-order valence-corrected chi connectivity index (χ3v) is 5.40. The molecule has 29 heavy (non-hydrogen) atoms. The normalized spacial score (nSPS) is 17.3. The van der Waals surface area contributed by atoms with Crippen LogP contribution < -0.4 is 15.5 Å². The van der Waals surface area contributed by atoms with Crippen LogP contribution in [-0.4, -0.2) is 54.6 Å². The number of allylic oxidation sites excluding steroid dienone is 1. The van der Waals surface area contributed by atoms with Crippen molar-refractivity contribution in [2.24, 2.45) is 5.92 Å². The van der Waals surface area contributed by atoms with Gasteiger partial charge in [-0.3, -0.25) is 0 Å². The standard InChI is InChI=1S/C22H27N7/c1-28-11-13-29(14-12-28)20-8-6-19(7-9-20)26-22-25-16-18(3-2-10-23)21(27-22)24-15-17-4-5-17/h2-3,6-9,16-17H,4-5,11-15H2,1H3,(H2,24,25,26,27)/b3-2+. The van der Waals surface area contributed by atoms with Gasteiger partial charge in [-0.2, -0.15) is 10.2 Å². The lowest BCUT2D eigenvalue weighted by atomic mass is 10.2. The molecule has 150 valence electrons. The maximum Gasteiger partial charge on any atom is 0.229 e. The van der Waals surface area contributed by atoms with Gasteiger partial charge in [0.15, 0.2) is 0 Å². The van der Waals surface area contributed by atoms with Crippen molar-refractivity contribution >= 4 is 29.2 Å². The van der Waals surface area contributed by atoms with Crippen molar-refractivity contribution in [3.05, 3.63) is 42.1 Å². The van der Waals surface area contributed by atoms with E-state index in [4.69, 9.17) is 5.26 Å². The quantitative estimate of drug-likeness (QED) is 0.703. The summed E-state index contributed by atoms with van der Waals surface area (Å²) in [6, 6.07) is 10.4. The molecule has 0 spiro atoms. The van der Waals surface area contributed by atoms with Gasteiger partial charge in [-0.05, 0) is 56.1 Å². The van der Waals surface area contributed by atoms with Gasteiger partial charge in [0, 0.05) is 61.9 Å². The van der Waals surface area contributed by atoms with Gasteiger partial charge in [-0.1, -0.05) is 0 Å². The first-order valence-corrected chi connectivity index (χ1v) is 10.2. The molecule has 2 heterocycles. The van der Waals surface area contributed by atoms with Crippen molar-refractivity contribution in [2.75, 3.05) is 55.3 Å². The molecule has 4 rings (SSSR count). The molecule has 0 atom stereocenters. The van der Waals surface area contributed by atoms with Gasteiger partial charge in [0.2, 0.25) is 5.95 Å². The van der Waals surface area contributed by atoms with E-state index in [-0.39, 0.29) is 0 Å². The molecule has 2 fully saturated rings. The van der Waals surface area contributed by atoms with E-state index in [1.54, 1.807) is 12.3 Å². The van der Waals surface area contributed by atoms with Crippen molar-refractivity contribution in [1.29, 1.82) is 5.26 Å². The predicted octanol–water partition coefficient (Wildman–Crippen LogP) is 3.33. The highest BCUT2D eigenvalue weighted by molar-refractivity contribution is 5.66. The molecule has 0 bridgehead atoms. The van der Waals surface area contributed by atoms with Gasteiger partial charge in [0.25, 0.3) is 0 Å². The average molecular weight is 390 g/mol. The number of benzene rings is 1. The molecule has 2 aromatic rings. The van der Waals surface area contributed by atoms with Crippen molar-refractivity contribution in [2.45, 2.75) is 12.8 Å². The SMILES string of the molecule is CN1CCN(c2ccc(Nc3ncc(/C=C/C#N)c(NCC4CC4)n3)cc2)CC1. The summed E-state index contributed by atoms with van der Waals surface area (Å²) in [7, 11) is 2.17. The zero-order valence-corrected chi connectivity index (χ0v) is 16.8. The number of rotatable bonds is 7. The summed E-state index contributed by atoms with van der Waals surface area (Å²) in [5.74, 6) is 2.04. The Morgan fingerprint density at radius 3 is 2.62 bits per heavy atom. The van der Waals surface area contributed by atoms with Gasteiger partial charge >= 0.3 is 0 Å². The summed E-state index contributed by atoms with van der Waals surface area (Å²) in [5.41, 5.74) is 3.02. The molecule has 2 N–H and O–H groups in total. The second-order valence-electron chi connectivity index (χ2n) is 7.75. The van der Waals surface area contributed by atoms with Crippen molar-refractivity contribution < 1.29 is 0 Å². The van der Waals surface area contributed by atoms with Gasteiger partial charge < -0.3 is 20.4 Å². The van der Waals surface area contributed by atoms with Crippen molar-refractivity contribution in [3.63, 3.8) is 0 Å². The van der Waals surface area contributed by atoms with E-state index < -0.39 is 0 Å². The van der Waals surface area contributed by atoms with Gasteiger partial charge in [0.1, 0.15) is 5.82 Å². The Hall–Kier alpha value is -3.11. The number of nitriles is 1. The van der Waals surface area contributed by atoms with Crippen LogP contribution in [0.2, 0.25) is 0 Å². The second-order valence-corrected chi connectivity index (χ2v) is 7.75. The maximum atomic E-state index is 8.81. The third kappa shape index (κ3) is 5.24. The van der Waals surface area contributed by atoms with E-state index in [1.807, 2.05) is 6.07 Å². The molecule has 0 amide bonds. The Kier molecular flexibility index (Phi) is 5.92. The monoisotopic (exact) mass is 389 g/mol. The highest BCUT2D eigenvalue weighted by atomic mass is 15.2. The molecule has 0 unspecified atom stereocenters. The summed E-state index contributed by atoms with van der Waals surface area (Å²) in [4.78, 5) is 13.8. The van der Waals surface area contributed by atoms with Crippen LogP contribution in [0.3, 0.4) is 0 Å². The van der Waals surface area contributed by atoms with Crippen molar-refractivity contribution in [3.8, 4) is 6.07 Å². The smallest absolute Gasteiger partial charge is 0.229 e. The molecule has 2 aliphatic rings. The first-order valence-electron chi connectivity index (χ1n) is 10.2. The second kappa shape index (κ2) is 8.93. The summed E-state index contributed by atoms with van der Waals surface area (Å²) < 4.78 is 0. The number of hydrogen-bond acceptors (Lipinski definition) is 7. The Morgan fingerprint density at radius 1 is 1.17 bits per heavy atom. The first-order chi connectivity index (χ1) is 14.2. The minimum absolute atomic E-state index is 0.546. The van der Waals surface area contributed by atoms with E-state index in [2.05, 4.69) is 61.7 Å². The number of aromatic nitrogens is 2. The lowest BCUT2D eigenvalue weighted by Gasteiger charge is -2.34. The average Bonchev–Trinajstić information content (AvgIpc) is 3.57. The van der Waals surface area contributed by atoms with Crippen LogP contribution in [0.1, 0.15) is 18.4 Å². The summed E-state index contributed by atoms with van der Waals surface area (Å²) >= 11 is 0. The summed E-state index contributed by atoms with van der Waals surface area (Å²) in [6.45, 7) is 5.21. The maximum absolute atomic E-state index is 8.81. The lowest BCUT2D eigenvalue weighted by molar-refractivity contribution is 0.313. The summed E-state index contributed by atoms with van der Waals surface area (Å²) in [6.07, 6.45) is 7.48. The lowest BCUT2D eigenvalue weighted by Crippen LogP contribution is -2.44. The molecule has 1 saturated heterocycles. The number of likely N-dealkylation sites (N-methyl/N-ethyl adjacent to an activating group) is 1. The largest absolute Gasteiger partial charge is 0.369 e. The fourth-order valence-corrected chi connectivity index (χ4v) is 3.35. The molecule has 0 radical (unpaired) electrons. The van der Waals surface area contributed by atoms with E-state index in [9.17, 15) is 0 Å². The highest BCUT2D eigenvalue weighted by Crippen LogP contribution is 2.29. The number of hydrogen-bond donors (Lipinski definition) is 2. The predicted molar refractivity (Wildman–Crippen MR) is 117 cm³/mol. The Labute approximate surface area is 172 Å². The Morgan fingerprint density at radius 2 is 1.93 bits per heavy atom. The van der Waals surface area contributed by atoms with Crippen LogP contribution in [-0.2, 0) is 0 Å². The van der Waals surface area contributed by atoms with E-state index in [1.165, 1.54) is 24.6 Å². The van der Waals surface area contributed by atoms with Crippen LogP contribution in [0.15, 0.2) is 36.5 Å². The molecule has 1 aromatic heterocycles. The van der Waals surface area contributed by atoms with Gasteiger partial charge in [-0.25, -0.2) is 4.98 Å². The van der Waals surface area contributed by atoms with E-state index in [0.29, 0.717) is 5.95 Å².